The molecule has 1 aromatic heterocycles. The molecule has 1 atom stereocenters. The van der Waals surface area contributed by atoms with Gasteiger partial charge in [0.2, 0.25) is 0 Å². The van der Waals surface area contributed by atoms with Crippen LogP contribution >= 0.6 is 11.6 Å². The lowest BCUT2D eigenvalue weighted by atomic mass is 10.1. The number of hydrogen-bond donors (Lipinski definition) is 1. The molecule has 1 heterocycles. The number of nitrogens with one attached hydrogen (secondary N) is 1. The Morgan fingerprint density at radius 3 is 2.56 bits per heavy atom. The molecule has 0 aliphatic heterocycles. The van der Waals surface area contributed by atoms with Crippen LogP contribution in [0.4, 0.5) is 0 Å². The summed E-state index contributed by atoms with van der Waals surface area (Å²) in [5, 5.41) is 0.439. The Labute approximate surface area is 111 Å². The molecule has 1 N–H and O–H groups in total. The molecule has 0 spiro atoms. The van der Waals surface area contributed by atoms with E-state index >= 15 is 0 Å². The average molecular weight is 283 g/mol. The highest BCUT2D eigenvalue weighted by molar-refractivity contribution is 7.78. The van der Waals surface area contributed by atoms with Gasteiger partial charge in [0.1, 0.15) is 0 Å². The van der Waals surface area contributed by atoms with Crippen LogP contribution in [0, 0.1) is 0 Å². The molecule has 0 amide bonds. The van der Waals surface area contributed by atoms with Crippen LogP contribution in [0.1, 0.15) is 5.56 Å². The summed E-state index contributed by atoms with van der Waals surface area (Å²) < 4.78 is 21.1. The molecule has 0 fully saturated rings. The molecule has 0 saturated heterocycles. The highest BCUT2D eigenvalue weighted by Crippen LogP contribution is 2.19. The highest BCUT2D eigenvalue weighted by atomic mass is 35.5. The lowest BCUT2D eigenvalue weighted by Gasteiger charge is -2.06. The molecule has 0 saturated carbocycles. The number of benzene rings is 1. The van der Waals surface area contributed by atoms with E-state index in [-0.39, 0.29) is 11.3 Å². The van der Waals surface area contributed by atoms with Crippen molar-refractivity contribution in [1.82, 2.24) is 4.98 Å². The van der Waals surface area contributed by atoms with Gasteiger partial charge in [0, 0.05) is 17.5 Å². The summed E-state index contributed by atoms with van der Waals surface area (Å²) in [6.07, 6.45) is 1.42. The van der Waals surface area contributed by atoms with Crippen LogP contribution in [0.3, 0.4) is 0 Å². The van der Waals surface area contributed by atoms with Crippen LogP contribution in [0.5, 0.6) is 0 Å². The lowest BCUT2D eigenvalue weighted by molar-refractivity contribution is 0.536. The minimum absolute atomic E-state index is 0.0355. The Balaban J connectivity index is 2.37. The first kappa shape index (κ1) is 13.0. The number of pyridine rings is 1. The zero-order valence-corrected chi connectivity index (χ0v) is 10.8. The van der Waals surface area contributed by atoms with E-state index in [0.717, 1.165) is 0 Å². The second-order valence-corrected chi connectivity index (χ2v) is 5.04. The van der Waals surface area contributed by atoms with E-state index in [1.807, 2.05) is 0 Å². The van der Waals surface area contributed by atoms with Crippen LogP contribution in [-0.4, -0.2) is 13.7 Å². The van der Waals surface area contributed by atoms with Crippen molar-refractivity contribution in [3.05, 3.63) is 57.5 Å². The number of aromatic amines is 1. The van der Waals surface area contributed by atoms with Crippen LogP contribution in [0.15, 0.2) is 41.3 Å². The molecule has 18 heavy (non-hydrogen) atoms. The topological polar surface area (TPSA) is 73.0 Å². The molecule has 0 radical (unpaired) electrons. The Kier molecular flexibility index (Phi) is 3.96. The van der Waals surface area contributed by atoms with Crippen LogP contribution < -0.4 is 5.56 Å². The molecular weight excluding hydrogens is 274 g/mol. The standard InChI is InChI=1S/C12H10ClNO3S/c13-10-5-11(12(15)14-6-10)9-3-1-8(2-4-9)7-18(16)17/h1-6H,7H2,(H,14,15)(H,16,17)/p-1. The fourth-order valence-corrected chi connectivity index (χ4v) is 2.22. The molecule has 4 nitrogen and oxygen atoms in total. The third-order valence-electron chi connectivity index (χ3n) is 2.42. The molecule has 2 aromatic rings. The fraction of sp³-hybridized carbons (Fsp3) is 0.0833. The zero-order valence-electron chi connectivity index (χ0n) is 9.18. The van der Waals surface area contributed by atoms with Gasteiger partial charge in [0.25, 0.3) is 5.56 Å². The van der Waals surface area contributed by atoms with Crippen molar-refractivity contribution in [2.24, 2.45) is 0 Å². The summed E-state index contributed by atoms with van der Waals surface area (Å²) in [7, 11) is 0. The first-order valence-corrected chi connectivity index (χ1v) is 6.72. The molecule has 0 aliphatic rings. The van der Waals surface area contributed by atoms with Gasteiger partial charge in [-0.15, -0.1) is 0 Å². The van der Waals surface area contributed by atoms with Crippen LogP contribution in [0.25, 0.3) is 11.1 Å². The maximum atomic E-state index is 11.6. The van der Waals surface area contributed by atoms with E-state index in [1.165, 1.54) is 6.20 Å². The quantitative estimate of drug-likeness (QED) is 0.876. The van der Waals surface area contributed by atoms with Gasteiger partial charge in [-0.3, -0.25) is 9.00 Å². The van der Waals surface area contributed by atoms with Crippen molar-refractivity contribution in [1.29, 1.82) is 0 Å². The number of H-pyrrole nitrogens is 1. The summed E-state index contributed by atoms with van der Waals surface area (Å²) in [5.41, 5.74) is 1.58. The van der Waals surface area contributed by atoms with Crippen molar-refractivity contribution >= 4 is 22.7 Å². The fourth-order valence-electron chi connectivity index (χ4n) is 1.59. The van der Waals surface area contributed by atoms with Crippen molar-refractivity contribution in [3.8, 4) is 11.1 Å². The van der Waals surface area contributed by atoms with E-state index in [2.05, 4.69) is 4.98 Å². The third kappa shape index (κ3) is 3.07. The van der Waals surface area contributed by atoms with E-state index in [0.29, 0.717) is 21.7 Å². The summed E-state index contributed by atoms with van der Waals surface area (Å²) >= 11 is 3.70. The minimum atomic E-state index is -2.11. The smallest absolute Gasteiger partial charge is 0.255 e. The molecule has 0 aliphatic carbocycles. The normalized spacial score (nSPS) is 12.3. The molecule has 94 valence electrons. The number of halogens is 1. The summed E-state index contributed by atoms with van der Waals surface area (Å²) in [4.78, 5) is 14.1. The van der Waals surface area contributed by atoms with Gasteiger partial charge in [-0.05, 0) is 17.2 Å². The maximum absolute atomic E-state index is 11.6. The highest BCUT2D eigenvalue weighted by Gasteiger charge is 2.04. The van der Waals surface area contributed by atoms with Gasteiger partial charge >= 0.3 is 0 Å². The number of hydrogen-bond acceptors (Lipinski definition) is 3. The van der Waals surface area contributed by atoms with Gasteiger partial charge in [-0.1, -0.05) is 46.9 Å². The van der Waals surface area contributed by atoms with E-state index in [9.17, 15) is 13.6 Å². The van der Waals surface area contributed by atoms with Crippen LogP contribution in [0.2, 0.25) is 5.02 Å². The largest absolute Gasteiger partial charge is 0.772 e. The Hall–Kier alpha value is -1.43. The second kappa shape index (κ2) is 5.48. The van der Waals surface area contributed by atoms with Crippen molar-refractivity contribution in [2.75, 3.05) is 0 Å². The van der Waals surface area contributed by atoms with Crippen molar-refractivity contribution < 1.29 is 8.76 Å². The van der Waals surface area contributed by atoms with Crippen molar-refractivity contribution in [2.45, 2.75) is 5.75 Å². The van der Waals surface area contributed by atoms with Crippen molar-refractivity contribution in [3.63, 3.8) is 0 Å². The maximum Gasteiger partial charge on any atom is 0.255 e. The molecule has 1 unspecified atom stereocenters. The monoisotopic (exact) mass is 282 g/mol. The second-order valence-electron chi connectivity index (χ2n) is 3.71. The van der Waals surface area contributed by atoms with E-state index in [4.69, 9.17) is 11.6 Å². The summed E-state index contributed by atoms with van der Waals surface area (Å²) in [6, 6.07) is 8.31. The van der Waals surface area contributed by atoms with E-state index < -0.39 is 11.1 Å². The SMILES string of the molecule is O=c1[nH]cc(Cl)cc1-c1ccc(CS(=O)[O-])cc1. The minimum Gasteiger partial charge on any atom is -0.772 e. The molecule has 1 aromatic carbocycles. The van der Waals surface area contributed by atoms with Crippen LogP contribution in [-0.2, 0) is 16.8 Å². The first-order chi connectivity index (χ1) is 8.56. The molecule has 0 bridgehead atoms. The van der Waals surface area contributed by atoms with Gasteiger partial charge in [0.15, 0.2) is 0 Å². The van der Waals surface area contributed by atoms with E-state index in [1.54, 1.807) is 30.3 Å². The lowest BCUT2D eigenvalue weighted by Crippen LogP contribution is -2.07. The van der Waals surface area contributed by atoms with Gasteiger partial charge < -0.3 is 9.54 Å². The predicted octanol–water partition coefficient (Wildman–Crippen LogP) is 2.07. The summed E-state index contributed by atoms with van der Waals surface area (Å²) in [6.45, 7) is 0. The van der Waals surface area contributed by atoms with Gasteiger partial charge in [-0.25, -0.2) is 0 Å². The zero-order chi connectivity index (χ0) is 13.1. The Morgan fingerprint density at radius 2 is 1.94 bits per heavy atom. The molecular formula is C12H9ClNO3S-. The Bertz CT molecular complexity index is 637. The van der Waals surface area contributed by atoms with Gasteiger partial charge in [0.05, 0.1) is 5.02 Å². The predicted molar refractivity (Wildman–Crippen MR) is 70.1 cm³/mol. The van der Waals surface area contributed by atoms with Gasteiger partial charge in [-0.2, -0.15) is 0 Å². The summed E-state index contributed by atoms with van der Waals surface area (Å²) in [5.74, 6) is -0.0355. The Morgan fingerprint density at radius 1 is 1.28 bits per heavy atom. The molecule has 6 heteroatoms. The number of aromatic nitrogens is 1. The first-order valence-electron chi connectivity index (χ1n) is 5.09. The third-order valence-corrected chi connectivity index (χ3v) is 3.20. The average Bonchev–Trinajstić information content (AvgIpc) is 2.33. The number of rotatable bonds is 3. The molecule has 2 rings (SSSR count).